The van der Waals surface area contributed by atoms with E-state index < -0.39 is 6.03 Å². The van der Waals surface area contributed by atoms with Gasteiger partial charge in [-0.2, -0.15) is 0 Å². The van der Waals surface area contributed by atoms with Gasteiger partial charge in [-0.3, -0.25) is 0 Å². The number of hydrogen-bond donors (Lipinski definition) is 2. The molecule has 0 aromatic heterocycles. The van der Waals surface area contributed by atoms with Crippen LogP contribution in [0.5, 0.6) is 0 Å². The number of carbonyl (C=O) groups is 1. The van der Waals surface area contributed by atoms with E-state index in [2.05, 4.69) is 17.3 Å². The van der Waals surface area contributed by atoms with Crippen molar-refractivity contribution in [3.8, 4) is 0 Å². The lowest BCUT2D eigenvalue weighted by Crippen LogP contribution is -2.34. The lowest BCUT2D eigenvalue weighted by molar-refractivity contribution is 0.210. The maximum absolute atomic E-state index is 10.4. The normalized spacial score (nSPS) is 20.1. The summed E-state index contributed by atoms with van der Waals surface area (Å²) in [6, 6.07) is -0.409. The third-order valence-corrected chi connectivity index (χ3v) is 2.69. The van der Waals surface area contributed by atoms with Crippen LogP contribution in [0.1, 0.15) is 19.3 Å². The lowest BCUT2D eigenvalue weighted by atomic mass is 9.94. The number of piperidine rings is 1. The Morgan fingerprint density at radius 2 is 2.15 bits per heavy atom. The molecule has 0 bridgehead atoms. The van der Waals surface area contributed by atoms with Crippen LogP contribution in [0.4, 0.5) is 4.79 Å². The molecule has 4 heteroatoms. The molecule has 1 saturated heterocycles. The molecule has 0 aromatic rings. The molecule has 0 aromatic carbocycles. The van der Waals surface area contributed by atoms with Crippen molar-refractivity contribution < 1.29 is 4.79 Å². The van der Waals surface area contributed by atoms with E-state index in [1.54, 1.807) is 0 Å². The summed E-state index contributed by atoms with van der Waals surface area (Å²) in [6.07, 6.45) is 3.56. The lowest BCUT2D eigenvalue weighted by Gasteiger charge is -2.28. The van der Waals surface area contributed by atoms with E-state index in [9.17, 15) is 4.79 Å². The smallest absolute Gasteiger partial charge is 0.312 e. The Kier molecular flexibility index (Phi) is 4.02. The quantitative estimate of drug-likeness (QED) is 0.668. The van der Waals surface area contributed by atoms with E-state index in [4.69, 9.17) is 5.73 Å². The highest BCUT2D eigenvalue weighted by Gasteiger charge is 2.15. The maximum atomic E-state index is 10.4. The molecule has 1 aliphatic heterocycles. The van der Waals surface area contributed by atoms with Crippen LogP contribution in [0.25, 0.3) is 0 Å². The summed E-state index contributed by atoms with van der Waals surface area (Å²) >= 11 is 0. The number of carbonyl (C=O) groups excluding carboxylic acids is 1. The summed E-state index contributed by atoms with van der Waals surface area (Å²) in [4.78, 5) is 12.7. The predicted molar refractivity (Wildman–Crippen MR) is 52.4 cm³/mol. The Morgan fingerprint density at radius 1 is 1.54 bits per heavy atom. The number of likely N-dealkylation sites (tertiary alicyclic amines) is 1. The molecule has 76 valence electrons. The fraction of sp³-hybridized carbons (Fsp3) is 0.889. The average Bonchev–Trinajstić information content (AvgIpc) is 2.08. The number of primary amides is 1. The first-order chi connectivity index (χ1) is 6.18. The molecule has 0 saturated carbocycles. The van der Waals surface area contributed by atoms with Crippen molar-refractivity contribution in [3.63, 3.8) is 0 Å². The van der Waals surface area contributed by atoms with Gasteiger partial charge in [0.1, 0.15) is 0 Å². The SMILES string of the molecule is CN1CCC(CCNC(N)=O)CC1. The van der Waals surface area contributed by atoms with E-state index in [1.807, 2.05) is 0 Å². The van der Waals surface area contributed by atoms with Crippen molar-refractivity contribution in [1.29, 1.82) is 0 Å². The highest BCUT2D eigenvalue weighted by atomic mass is 16.2. The highest BCUT2D eigenvalue weighted by Crippen LogP contribution is 2.18. The molecule has 1 fully saturated rings. The number of nitrogens with zero attached hydrogens (tertiary/aromatic N) is 1. The number of amides is 2. The second-order valence-electron chi connectivity index (χ2n) is 3.83. The molecule has 4 nitrogen and oxygen atoms in total. The van der Waals surface area contributed by atoms with Crippen LogP contribution in [0, 0.1) is 5.92 Å². The number of hydrogen-bond acceptors (Lipinski definition) is 2. The third kappa shape index (κ3) is 4.12. The van der Waals surface area contributed by atoms with E-state index in [-0.39, 0.29) is 0 Å². The summed E-state index contributed by atoms with van der Waals surface area (Å²) in [5, 5.41) is 2.63. The van der Waals surface area contributed by atoms with Gasteiger partial charge in [0, 0.05) is 6.54 Å². The van der Waals surface area contributed by atoms with E-state index in [0.29, 0.717) is 0 Å². The zero-order chi connectivity index (χ0) is 9.68. The zero-order valence-corrected chi connectivity index (χ0v) is 8.25. The van der Waals surface area contributed by atoms with Gasteiger partial charge in [0.2, 0.25) is 0 Å². The topological polar surface area (TPSA) is 58.4 Å². The van der Waals surface area contributed by atoms with Crippen LogP contribution < -0.4 is 11.1 Å². The second-order valence-corrected chi connectivity index (χ2v) is 3.83. The van der Waals surface area contributed by atoms with Crippen molar-refractivity contribution >= 4 is 6.03 Å². The van der Waals surface area contributed by atoms with Gasteiger partial charge in [-0.05, 0) is 45.3 Å². The fourth-order valence-corrected chi connectivity index (χ4v) is 1.75. The molecule has 0 radical (unpaired) electrons. The van der Waals surface area contributed by atoms with Crippen LogP contribution in [-0.2, 0) is 0 Å². The molecule has 2 amide bonds. The van der Waals surface area contributed by atoms with Crippen molar-refractivity contribution in [2.75, 3.05) is 26.7 Å². The summed E-state index contributed by atoms with van der Waals surface area (Å²) < 4.78 is 0. The van der Waals surface area contributed by atoms with Gasteiger partial charge in [-0.1, -0.05) is 0 Å². The van der Waals surface area contributed by atoms with Gasteiger partial charge >= 0.3 is 6.03 Å². The van der Waals surface area contributed by atoms with Crippen LogP contribution in [0.3, 0.4) is 0 Å². The molecule has 1 heterocycles. The highest BCUT2D eigenvalue weighted by molar-refractivity contribution is 5.71. The summed E-state index contributed by atoms with van der Waals surface area (Å²) in [6.45, 7) is 3.09. The second kappa shape index (κ2) is 5.07. The fourth-order valence-electron chi connectivity index (χ4n) is 1.75. The third-order valence-electron chi connectivity index (χ3n) is 2.69. The zero-order valence-electron chi connectivity index (χ0n) is 8.25. The Balaban J connectivity index is 2.05. The first kappa shape index (κ1) is 10.3. The van der Waals surface area contributed by atoms with Crippen molar-refractivity contribution in [2.24, 2.45) is 11.7 Å². The molecule has 0 aliphatic carbocycles. The molecule has 3 N–H and O–H groups in total. The molecule has 0 unspecified atom stereocenters. The van der Waals surface area contributed by atoms with Crippen LogP contribution in [0.2, 0.25) is 0 Å². The molecule has 13 heavy (non-hydrogen) atoms. The van der Waals surface area contributed by atoms with Gasteiger partial charge in [0.25, 0.3) is 0 Å². The van der Waals surface area contributed by atoms with Gasteiger partial charge < -0.3 is 16.0 Å². The minimum absolute atomic E-state index is 0.409. The summed E-state index contributed by atoms with van der Waals surface area (Å²) in [5.41, 5.74) is 4.97. The van der Waals surface area contributed by atoms with Gasteiger partial charge in [-0.25, -0.2) is 4.79 Å². The van der Waals surface area contributed by atoms with Crippen molar-refractivity contribution in [1.82, 2.24) is 10.2 Å². The number of urea groups is 1. The Morgan fingerprint density at radius 3 is 2.69 bits per heavy atom. The number of rotatable bonds is 3. The van der Waals surface area contributed by atoms with E-state index in [1.165, 1.54) is 25.9 Å². The van der Waals surface area contributed by atoms with Crippen LogP contribution in [0.15, 0.2) is 0 Å². The number of nitrogens with one attached hydrogen (secondary N) is 1. The largest absolute Gasteiger partial charge is 0.352 e. The number of nitrogens with two attached hydrogens (primary N) is 1. The first-order valence-corrected chi connectivity index (χ1v) is 4.90. The molecule has 0 spiro atoms. The minimum Gasteiger partial charge on any atom is -0.352 e. The Hall–Kier alpha value is -0.770. The molecule has 0 atom stereocenters. The maximum Gasteiger partial charge on any atom is 0.312 e. The molecule has 1 aliphatic rings. The standard InChI is InChI=1S/C9H19N3O/c1-12-6-3-8(4-7-12)2-5-11-9(10)13/h8H,2-7H2,1H3,(H3,10,11,13). The van der Waals surface area contributed by atoms with Gasteiger partial charge in [-0.15, -0.1) is 0 Å². The Labute approximate surface area is 79.5 Å². The predicted octanol–water partition coefficient (Wildman–Crippen LogP) is 0.387. The minimum atomic E-state index is -0.409. The molecule has 1 rings (SSSR count). The van der Waals surface area contributed by atoms with Crippen LogP contribution >= 0.6 is 0 Å². The monoisotopic (exact) mass is 185 g/mol. The Bertz CT molecular complexity index is 164. The van der Waals surface area contributed by atoms with Crippen LogP contribution in [-0.4, -0.2) is 37.6 Å². The molecular weight excluding hydrogens is 166 g/mol. The van der Waals surface area contributed by atoms with Gasteiger partial charge in [0.05, 0.1) is 0 Å². The van der Waals surface area contributed by atoms with E-state index in [0.717, 1.165) is 18.9 Å². The summed E-state index contributed by atoms with van der Waals surface area (Å²) in [7, 11) is 2.15. The van der Waals surface area contributed by atoms with Crippen molar-refractivity contribution in [3.05, 3.63) is 0 Å². The van der Waals surface area contributed by atoms with Crippen molar-refractivity contribution in [2.45, 2.75) is 19.3 Å². The van der Waals surface area contributed by atoms with E-state index >= 15 is 0 Å². The summed E-state index contributed by atoms with van der Waals surface area (Å²) in [5.74, 6) is 0.767. The first-order valence-electron chi connectivity index (χ1n) is 4.90. The average molecular weight is 185 g/mol. The molecular formula is C9H19N3O. The van der Waals surface area contributed by atoms with Gasteiger partial charge in [0.15, 0.2) is 0 Å².